The van der Waals surface area contributed by atoms with E-state index in [2.05, 4.69) is 10.1 Å². The molecule has 0 spiro atoms. The first-order chi connectivity index (χ1) is 8.97. The van der Waals surface area contributed by atoms with Gasteiger partial charge >= 0.3 is 5.97 Å². The monoisotopic (exact) mass is 288 g/mol. The summed E-state index contributed by atoms with van der Waals surface area (Å²) in [5, 5.41) is 2.91. The van der Waals surface area contributed by atoms with E-state index in [4.69, 9.17) is 5.73 Å². The largest absolute Gasteiger partial charge is 0.468 e. The van der Waals surface area contributed by atoms with Gasteiger partial charge in [-0.25, -0.2) is 0 Å². The van der Waals surface area contributed by atoms with E-state index in [-0.39, 0.29) is 23.3 Å². The fraction of sp³-hybridized carbons (Fsp3) is 0.846. The number of nitrogens with one attached hydrogen (secondary N) is 1. The molecule has 6 heteroatoms. The lowest BCUT2D eigenvalue weighted by molar-refractivity contribution is -0.137. The first-order valence-electron chi connectivity index (χ1n) is 6.68. The second kappa shape index (κ2) is 7.75. The Bertz CT molecular complexity index is 321. The summed E-state index contributed by atoms with van der Waals surface area (Å²) in [6, 6.07) is 0. The molecule has 1 aliphatic rings. The van der Waals surface area contributed by atoms with Crippen LogP contribution in [0, 0.1) is 5.92 Å². The number of hydrogen-bond donors (Lipinski definition) is 2. The number of carbonyl (C=O) groups excluding carboxylic acids is 2. The molecular formula is C13H24N2O3S. The minimum Gasteiger partial charge on any atom is -0.468 e. The molecule has 0 aromatic rings. The zero-order chi connectivity index (χ0) is 14.3. The number of hydrogen-bond acceptors (Lipinski definition) is 5. The Balaban J connectivity index is 2.22. The van der Waals surface area contributed by atoms with Crippen LogP contribution in [0.2, 0.25) is 0 Å². The maximum Gasteiger partial charge on any atom is 0.315 e. The van der Waals surface area contributed by atoms with Crippen LogP contribution in [0.3, 0.4) is 0 Å². The van der Waals surface area contributed by atoms with Gasteiger partial charge in [0.2, 0.25) is 5.91 Å². The molecule has 5 nitrogen and oxygen atoms in total. The SMILES string of the molecule is COC(=O)CSCCNC(=O)C1CCCCC1(C)N. The third kappa shape index (κ3) is 5.40. The summed E-state index contributed by atoms with van der Waals surface area (Å²) in [6.45, 7) is 2.52. The van der Waals surface area contributed by atoms with Gasteiger partial charge in [-0.15, -0.1) is 11.8 Å². The second-order valence-electron chi connectivity index (χ2n) is 5.22. The molecule has 1 aliphatic carbocycles. The highest BCUT2D eigenvalue weighted by Gasteiger charge is 2.37. The minimum absolute atomic E-state index is 0.0448. The summed E-state index contributed by atoms with van der Waals surface area (Å²) in [4.78, 5) is 23.0. The van der Waals surface area contributed by atoms with Crippen LogP contribution in [0.15, 0.2) is 0 Å². The van der Waals surface area contributed by atoms with Crippen molar-refractivity contribution in [3.63, 3.8) is 0 Å². The van der Waals surface area contributed by atoms with Gasteiger partial charge in [-0.05, 0) is 19.8 Å². The molecule has 0 aromatic carbocycles. The average molecular weight is 288 g/mol. The Morgan fingerprint density at radius 1 is 1.47 bits per heavy atom. The van der Waals surface area contributed by atoms with Crippen molar-refractivity contribution in [1.29, 1.82) is 0 Å². The maximum absolute atomic E-state index is 12.1. The Morgan fingerprint density at radius 3 is 2.84 bits per heavy atom. The van der Waals surface area contributed by atoms with Gasteiger partial charge in [0.1, 0.15) is 0 Å². The molecule has 2 atom stereocenters. The fourth-order valence-corrected chi connectivity index (χ4v) is 3.05. The quantitative estimate of drug-likeness (QED) is 0.561. The molecule has 110 valence electrons. The molecule has 0 aromatic heterocycles. The Kier molecular flexibility index (Phi) is 6.65. The molecule has 19 heavy (non-hydrogen) atoms. The zero-order valence-electron chi connectivity index (χ0n) is 11.7. The average Bonchev–Trinajstić information content (AvgIpc) is 2.37. The number of methoxy groups -OCH3 is 1. The number of rotatable bonds is 6. The molecule has 2 unspecified atom stereocenters. The van der Waals surface area contributed by atoms with Crippen LogP contribution < -0.4 is 11.1 Å². The number of thioether (sulfide) groups is 1. The highest BCUT2D eigenvalue weighted by Crippen LogP contribution is 2.31. The summed E-state index contributed by atoms with van der Waals surface area (Å²) in [5.41, 5.74) is 5.80. The Labute approximate surface area is 119 Å². The van der Waals surface area contributed by atoms with Crippen molar-refractivity contribution in [3.8, 4) is 0 Å². The summed E-state index contributed by atoms with van der Waals surface area (Å²) >= 11 is 1.45. The van der Waals surface area contributed by atoms with E-state index in [1.807, 2.05) is 6.92 Å². The van der Waals surface area contributed by atoms with Gasteiger partial charge in [-0.1, -0.05) is 12.8 Å². The van der Waals surface area contributed by atoms with Crippen molar-refractivity contribution in [3.05, 3.63) is 0 Å². The predicted octanol–water partition coefficient (Wildman–Crippen LogP) is 0.916. The number of amides is 1. The summed E-state index contributed by atoms with van der Waals surface area (Å²) in [5.74, 6) is 0.743. The fourth-order valence-electron chi connectivity index (χ4n) is 2.37. The van der Waals surface area contributed by atoms with Gasteiger partial charge in [0.15, 0.2) is 0 Å². The third-order valence-corrected chi connectivity index (χ3v) is 4.50. The summed E-state index contributed by atoms with van der Waals surface area (Å²) in [7, 11) is 1.37. The first-order valence-corrected chi connectivity index (χ1v) is 7.84. The second-order valence-corrected chi connectivity index (χ2v) is 6.33. The van der Waals surface area contributed by atoms with Crippen molar-refractivity contribution < 1.29 is 14.3 Å². The lowest BCUT2D eigenvalue weighted by atomic mass is 9.74. The van der Waals surface area contributed by atoms with E-state index in [1.54, 1.807) is 0 Å². The zero-order valence-corrected chi connectivity index (χ0v) is 12.6. The van der Waals surface area contributed by atoms with E-state index in [1.165, 1.54) is 18.9 Å². The van der Waals surface area contributed by atoms with E-state index in [0.29, 0.717) is 18.1 Å². The standard InChI is InChI=1S/C13H24N2O3S/c1-13(14)6-4-3-5-10(13)12(17)15-7-8-19-9-11(16)18-2/h10H,3-9,14H2,1-2H3,(H,15,17). The van der Waals surface area contributed by atoms with Crippen LogP contribution >= 0.6 is 11.8 Å². The van der Waals surface area contributed by atoms with Gasteiger partial charge < -0.3 is 15.8 Å². The minimum atomic E-state index is -0.387. The van der Waals surface area contributed by atoms with E-state index >= 15 is 0 Å². The first kappa shape index (κ1) is 16.3. The van der Waals surface area contributed by atoms with Crippen LogP contribution in [-0.2, 0) is 14.3 Å². The van der Waals surface area contributed by atoms with Crippen molar-refractivity contribution in [2.75, 3.05) is 25.2 Å². The molecule has 1 fully saturated rings. The lowest BCUT2D eigenvalue weighted by Crippen LogP contribution is -2.53. The van der Waals surface area contributed by atoms with Crippen molar-refractivity contribution in [2.24, 2.45) is 11.7 Å². The number of nitrogens with two attached hydrogens (primary N) is 1. The predicted molar refractivity (Wildman–Crippen MR) is 76.9 cm³/mol. The molecule has 1 rings (SSSR count). The Hall–Kier alpha value is -0.750. The van der Waals surface area contributed by atoms with Gasteiger partial charge in [-0.2, -0.15) is 0 Å². The van der Waals surface area contributed by atoms with Gasteiger partial charge in [0.25, 0.3) is 0 Å². The van der Waals surface area contributed by atoms with Gasteiger partial charge in [0.05, 0.1) is 18.8 Å². The highest BCUT2D eigenvalue weighted by molar-refractivity contribution is 7.99. The Morgan fingerprint density at radius 2 is 2.21 bits per heavy atom. The van der Waals surface area contributed by atoms with E-state index < -0.39 is 0 Å². The van der Waals surface area contributed by atoms with Crippen LogP contribution in [0.5, 0.6) is 0 Å². The van der Waals surface area contributed by atoms with Gasteiger partial charge in [-0.3, -0.25) is 9.59 Å². The molecule has 3 N–H and O–H groups in total. The summed E-state index contributed by atoms with van der Waals surface area (Å²) < 4.78 is 4.54. The van der Waals surface area contributed by atoms with Crippen LogP contribution in [-0.4, -0.2) is 42.6 Å². The van der Waals surface area contributed by atoms with Crippen molar-refractivity contribution >= 4 is 23.6 Å². The van der Waals surface area contributed by atoms with E-state index in [9.17, 15) is 9.59 Å². The maximum atomic E-state index is 12.1. The molecule has 0 aliphatic heterocycles. The van der Waals surface area contributed by atoms with Crippen LogP contribution in [0.4, 0.5) is 0 Å². The molecule has 1 saturated carbocycles. The third-order valence-electron chi connectivity index (χ3n) is 3.56. The lowest BCUT2D eigenvalue weighted by Gasteiger charge is -2.37. The molecule has 1 amide bonds. The van der Waals surface area contributed by atoms with Crippen molar-refractivity contribution in [1.82, 2.24) is 5.32 Å². The topological polar surface area (TPSA) is 81.4 Å². The number of carbonyl (C=O) groups is 2. The van der Waals surface area contributed by atoms with Crippen LogP contribution in [0.1, 0.15) is 32.6 Å². The molecule has 0 radical (unpaired) electrons. The van der Waals surface area contributed by atoms with Crippen molar-refractivity contribution in [2.45, 2.75) is 38.1 Å². The van der Waals surface area contributed by atoms with Crippen LogP contribution in [0.25, 0.3) is 0 Å². The highest BCUT2D eigenvalue weighted by atomic mass is 32.2. The van der Waals surface area contributed by atoms with E-state index in [0.717, 1.165) is 25.7 Å². The molecular weight excluding hydrogens is 264 g/mol. The summed E-state index contributed by atoms with van der Waals surface area (Å²) in [6.07, 6.45) is 3.95. The number of esters is 1. The smallest absolute Gasteiger partial charge is 0.315 e. The normalized spacial score (nSPS) is 26.8. The number of ether oxygens (including phenoxy) is 1. The molecule has 0 heterocycles. The van der Waals surface area contributed by atoms with Gasteiger partial charge in [0, 0.05) is 17.8 Å². The molecule has 0 bridgehead atoms. The molecule has 0 saturated heterocycles.